The SMILES string of the molecule is CN=C(NCCCCn1cnnc1)NCCCN1CCC(C)CC1.I. The number of hydrogen-bond donors (Lipinski definition) is 2. The standard InChI is InChI=1S/C17H33N7.HI/c1-16-6-12-23(13-7-16)11-5-9-20-17(18-2)19-8-3-4-10-24-14-21-22-15-24;/h14-16H,3-13H2,1-2H3,(H2,18,19,20);1H. The van der Waals surface area contributed by atoms with E-state index in [-0.39, 0.29) is 24.0 Å². The minimum absolute atomic E-state index is 0. The molecule has 1 aliphatic rings. The van der Waals surface area contributed by atoms with Gasteiger partial charge in [0.2, 0.25) is 0 Å². The highest BCUT2D eigenvalue weighted by molar-refractivity contribution is 14.0. The molecule has 0 aromatic carbocycles. The third-order valence-corrected chi connectivity index (χ3v) is 4.65. The first-order valence-electron chi connectivity index (χ1n) is 9.27. The number of rotatable bonds is 9. The highest BCUT2D eigenvalue weighted by Crippen LogP contribution is 2.15. The zero-order chi connectivity index (χ0) is 17.0. The van der Waals surface area contributed by atoms with E-state index in [1.165, 1.54) is 38.9 Å². The number of aliphatic imine (C=N–C) groups is 1. The molecule has 0 atom stereocenters. The average molecular weight is 463 g/mol. The number of guanidine groups is 1. The predicted molar refractivity (Wildman–Crippen MR) is 113 cm³/mol. The molecule has 0 bridgehead atoms. The van der Waals surface area contributed by atoms with Gasteiger partial charge in [0.1, 0.15) is 12.7 Å². The third kappa shape index (κ3) is 9.39. The average Bonchev–Trinajstić information content (AvgIpc) is 3.11. The highest BCUT2D eigenvalue weighted by atomic mass is 127. The lowest BCUT2D eigenvalue weighted by molar-refractivity contribution is 0.191. The summed E-state index contributed by atoms with van der Waals surface area (Å²) in [6.45, 7) is 8.96. The zero-order valence-corrected chi connectivity index (χ0v) is 18.0. The van der Waals surface area contributed by atoms with Crippen molar-refractivity contribution in [3.8, 4) is 0 Å². The van der Waals surface area contributed by atoms with Crippen LogP contribution in [0.1, 0.15) is 39.0 Å². The van der Waals surface area contributed by atoms with Crippen molar-refractivity contribution in [3.05, 3.63) is 12.7 Å². The molecule has 1 saturated heterocycles. The minimum atomic E-state index is 0. The summed E-state index contributed by atoms with van der Waals surface area (Å²) in [7, 11) is 1.83. The first-order chi connectivity index (χ1) is 11.8. The molecule has 1 fully saturated rings. The number of nitrogens with one attached hydrogen (secondary N) is 2. The van der Waals surface area contributed by atoms with Gasteiger partial charge in [-0.1, -0.05) is 6.92 Å². The van der Waals surface area contributed by atoms with Crippen LogP contribution >= 0.6 is 24.0 Å². The van der Waals surface area contributed by atoms with Crippen molar-refractivity contribution in [2.45, 2.75) is 45.6 Å². The molecular formula is C17H34IN7. The smallest absolute Gasteiger partial charge is 0.190 e. The largest absolute Gasteiger partial charge is 0.356 e. The Labute approximate surface area is 169 Å². The summed E-state index contributed by atoms with van der Waals surface area (Å²) in [4.78, 5) is 6.87. The van der Waals surface area contributed by atoms with Crippen molar-refractivity contribution in [3.63, 3.8) is 0 Å². The van der Waals surface area contributed by atoms with E-state index in [0.717, 1.165) is 44.4 Å². The molecule has 0 spiro atoms. The van der Waals surface area contributed by atoms with Crippen LogP contribution in [0.3, 0.4) is 0 Å². The maximum absolute atomic E-state index is 4.29. The molecule has 2 heterocycles. The quantitative estimate of drug-likeness (QED) is 0.254. The Morgan fingerprint density at radius 2 is 1.68 bits per heavy atom. The molecule has 7 nitrogen and oxygen atoms in total. The number of likely N-dealkylation sites (tertiary alicyclic amines) is 1. The summed E-state index contributed by atoms with van der Waals surface area (Å²) in [5.74, 6) is 1.82. The predicted octanol–water partition coefficient (Wildman–Crippen LogP) is 1.96. The van der Waals surface area contributed by atoms with Crippen LogP contribution in [0.25, 0.3) is 0 Å². The van der Waals surface area contributed by atoms with Crippen LogP contribution < -0.4 is 10.6 Å². The maximum atomic E-state index is 4.29. The fraction of sp³-hybridized carbons (Fsp3) is 0.824. The molecular weight excluding hydrogens is 429 g/mol. The fourth-order valence-electron chi connectivity index (χ4n) is 2.98. The number of aryl methyl sites for hydroxylation is 1. The number of aromatic nitrogens is 3. The van der Waals surface area contributed by atoms with Gasteiger partial charge >= 0.3 is 0 Å². The van der Waals surface area contributed by atoms with Gasteiger partial charge in [0.05, 0.1) is 0 Å². The van der Waals surface area contributed by atoms with E-state index in [1.807, 2.05) is 11.6 Å². The number of unbranched alkanes of at least 4 members (excludes halogenated alkanes) is 1. The molecule has 8 heteroatoms. The summed E-state index contributed by atoms with van der Waals surface area (Å²) < 4.78 is 2.01. The summed E-state index contributed by atoms with van der Waals surface area (Å²) >= 11 is 0. The Morgan fingerprint density at radius 1 is 1.04 bits per heavy atom. The van der Waals surface area contributed by atoms with E-state index in [1.54, 1.807) is 12.7 Å². The Morgan fingerprint density at radius 3 is 2.32 bits per heavy atom. The van der Waals surface area contributed by atoms with E-state index in [0.29, 0.717) is 0 Å². The molecule has 0 unspecified atom stereocenters. The fourth-order valence-corrected chi connectivity index (χ4v) is 2.98. The van der Waals surface area contributed by atoms with Crippen LogP contribution in [-0.4, -0.2) is 65.4 Å². The van der Waals surface area contributed by atoms with Gasteiger partial charge in [-0.15, -0.1) is 34.2 Å². The van der Waals surface area contributed by atoms with Gasteiger partial charge in [0.15, 0.2) is 5.96 Å². The molecule has 0 aliphatic carbocycles. The lowest BCUT2D eigenvalue weighted by atomic mass is 9.99. The summed E-state index contributed by atoms with van der Waals surface area (Å²) in [5, 5.41) is 14.4. The molecule has 1 aliphatic heterocycles. The van der Waals surface area contributed by atoms with Crippen LogP contribution in [0.5, 0.6) is 0 Å². The minimum Gasteiger partial charge on any atom is -0.356 e. The summed E-state index contributed by atoms with van der Waals surface area (Å²) in [6, 6.07) is 0. The van der Waals surface area contributed by atoms with E-state index >= 15 is 0 Å². The number of halogens is 1. The third-order valence-electron chi connectivity index (χ3n) is 4.65. The normalized spacial score (nSPS) is 16.5. The number of hydrogen-bond acceptors (Lipinski definition) is 4. The molecule has 2 N–H and O–H groups in total. The van der Waals surface area contributed by atoms with Gasteiger partial charge in [-0.25, -0.2) is 0 Å². The van der Waals surface area contributed by atoms with E-state index in [9.17, 15) is 0 Å². The second kappa shape index (κ2) is 13.3. The maximum Gasteiger partial charge on any atom is 0.190 e. The van der Waals surface area contributed by atoms with Crippen LogP contribution in [0.4, 0.5) is 0 Å². The van der Waals surface area contributed by atoms with Crippen LogP contribution in [0.15, 0.2) is 17.6 Å². The van der Waals surface area contributed by atoms with Gasteiger partial charge in [0.25, 0.3) is 0 Å². The van der Waals surface area contributed by atoms with Gasteiger partial charge in [0, 0.05) is 26.7 Å². The Bertz CT molecular complexity index is 456. The van der Waals surface area contributed by atoms with Crippen LogP contribution in [0.2, 0.25) is 0 Å². The van der Waals surface area contributed by atoms with E-state index in [4.69, 9.17) is 0 Å². The number of piperidine rings is 1. The Kier molecular flexibility index (Phi) is 11.8. The van der Waals surface area contributed by atoms with Gasteiger partial charge in [-0.2, -0.15) is 0 Å². The molecule has 0 saturated carbocycles. The molecule has 0 radical (unpaired) electrons. The number of nitrogens with zero attached hydrogens (tertiary/aromatic N) is 5. The second-order valence-corrected chi connectivity index (χ2v) is 6.71. The van der Waals surface area contributed by atoms with E-state index < -0.39 is 0 Å². The molecule has 1 aromatic heterocycles. The highest BCUT2D eigenvalue weighted by Gasteiger charge is 2.14. The second-order valence-electron chi connectivity index (χ2n) is 6.71. The van der Waals surface area contributed by atoms with E-state index in [2.05, 4.69) is 37.6 Å². The van der Waals surface area contributed by atoms with Crippen LogP contribution in [-0.2, 0) is 6.54 Å². The monoisotopic (exact) mass is 463 g/mol. The van der Waals surface area contributed by atoms with Crippen molar-refractivity contribution < 1.29 is 0 Å². The van der Waals surface area contributed by atoms with Crippen molar-refractivity contribution in [1.82, 2.24) is 30.3 Å². The first-order valence-corrected chi connectivity index (χ1v) is 9.27. The molecule has 144 valence electrons. The van der Waals surface area contributed by atoms with Crippen molar-refractivity contribution >= 4 is 29.9 Å². The summed E-state index contributed by atoms with van der Waals surface area (Å²) in [5.41, 5.74) is 0. The molecule has 0 amide bonds. The zero-order valence-electron chi connectivity index (χ0n) is 15.7. The molecule has 25 heavy (non-hydrogen) atoms. The van der Waals surface area contributed by atoms with Gasteiger partial charge < -0.3 is 20.1 Å². The van der Waals surface area contributed by atoms with Gasteiger partial charge in [-0.3, -0.25) is 4.99 Å². The summed E-state index contributed by atoms with van der Waals surface area (Å²) in [6.07, 6.45) is 9.61. The van der Waals surface area contributed by atoms with Crippen molar-refractivity contribution in [1.29, 1.82) is 0 Å². The lowest BCUT2D eigenvalue weighted by Gasteiger charge is -2.30. The van der Waals surface area contributed by atoms with Crippen LogP contribution in [0, 0.1) is 5.92 Å². The lowest BCUT2D eigenvalue weighted by Crippen LogP contribution is -2.40. The van der Waals surface area contributed by atoms with Crippen molar-refractivity contribution in [2.75, 3.05) is 39.8 Å². The molecule has 2 rings (SSSR count). The first kappa shape index (κ1) is 22.1. The van der Waals surface area contributed by atoms with Crippen molar-refractivity contribution in [2.24, 2.45) is 10.9 Å². The van der Waals surface area contributed by atoms with Gasteiger partial charge in [-0.05, 0) is 57.7 Å². The Hall–Kier alpha value is -0.900. The topological polar surface area (TPSA) is 70.4 Å². The Balaban J connectivity index is 0.00000312. The molecule has 1 aromatic rings.